The molecule has 36 heavy (non-hydrogen) atoms. The van der Waals surface area contributed by atoms with Gasteiger partial charge in [-0.05, 0) is 65.7 Å². The molecule has 0 atom stereocenters. The lowest BCUT2D eigenvalue weighted by atomic mass is 10.0. The highest BCUT2D eigenvalue weighted by Crippen LogP contribution is 2.38. The Kier molecular flexibility index (Phi) is 7.24. The molecule has 0 fully saturated rings. The van der Waals surface area contributed by atoms with Gasteiger partial charge in [-0.3, -0.25) is 4.79 Å². The Hall–Kier alpha value is -4.33. The molecule has 0 saturated heterocycles. The predicted octanol–water partition coefficient (Wildman–Crippen LogP) is 7.07. The molecule has 0 radical (unpaired) electrons. The second-order valence-electron chi connectivity index (χ2n) is 8.11. The standard InChI is InChI=1S/C28H24F3N3O2/c1-19(35)33-27-17-21(15-16-32-27)25-5-3-4-6-26(25)34(18-20-7-13-24(36-2)14-8-20)23-11-9-22(10-12-23)28(29,30)31/h3-17H,18H2,1-2H3,(H,32,33,35). The first-order valence-corrected chi connectivity index (χ1v) is 11.2. The fourth-order valence-corrected chi connectivity index (χ4v) is 3.86. The molecule has 1 aromatic heterocycles. The summed E-state index contributed by atoms with van der Waals surface area (Å²) in [5, 5.41) is 2.68. The number of methoxy groups -OCH3 is 1. The molecule has 1 heterocycles. The molecule has 3 aromatic carbocycles. The van der Waals surface area contributed by atoms with Gasteiger partial charge >= 0.3 is 6.18 Å². The maximum Gasteiger partial charge on any atom is 0.416 e. The van der Waals surface area contributed by atoms with Gasteiger partial charge in [0.1, 0.15) is 11.6 Å². The molecule has 0 bridgehead atoms. The van der Waals surface area contributed by atoms with Gasteiger partial charge in [-0.2, -0.15) is 13.2 Å². The van der Waals surface area contributed by atoms with Crippen LogP contribution in [0, 0.1) is 0 Å². The van der Waals surface area contributed by atoms with Crippen molar-refractivity contribution in [3.63, 3.8) is 0 Å². The summed E-state index contributed by atoms with van der Waals surface area (Å²) in [6.45, 7) is 1.81. The summed E-state index contributed by atoms with van der Waals surface area (Å²) in [4.78, 5) is 17.7. The van der Waals surface area contributed by atoms with Gasteiger partial charge in [0, 0.05) is 36.6 Å². The topological polar surface area (TPSA) is 54.5 Å². The number of hydrogen-bond donors (Lipinski definition) is 1. The third-order valence-electron chi connectivity index (χ3n) is 5.58. The fraction of sp³-hybridized carbons (Fsp3) is 0.143. The van der Waals surface area contributed by atoms with Gasteiger partial charge in [0.2, 0.25) is 5.91 Å². The average molecular weight is 492 g/mol. The summed E-state index contributed by atoms with van der Waals surface area (Å²) in [5.41, 5.74) is 3.25. The van der Waals surface area contributed by atoms with E-state index in [0.29, 0.717) is 23.8 Å². The van der Waals surface area contributed by atoms with Crippen molar-refractivity contribution in [2.75, 3.05) is 17.3 Å². The van der Waals surface area contributed by atoms with Crippen molar-refractivity contribution in [3.05, 3.63) is 102 Å². The first-order valence-electron chi connectivity index (χ1n) is 11.2. The van der Waals surface area contributed by atoms with Gasteiger partial charge in [-0.15, -0.1) is 0 Å². The second kappa shape index (κ2) is 10.5. The quantitative estimate of drug-likeness (QED) is 0.300. The van der Waals surface area contributed by atoms with E-state index >= 15 is 0 Å². The van der Waals surface area contributed by atoms with Crippen LogP contribution in [0.1, 0.15) is 18.1 Å². The third kappa shape index (κ3) is 5.83. The lowest BCUT2D eigenvalue weighted by Gasteiger charge is -2.28. The van der Waals surface area contributed by atoms with Crippen LogP contribution in [0.15, 0.2) is 91.1 Å². The normalized spacial score (nSPS) is 11.1. The number of aromatic nitrogens is 1. The van der Waals surface area contributed by atoms with Gasteiger partial charge < -0.3 is 15.0 Å². The highest BCUT2D eigenvalue weighted by molar-refractivity contribution is 5.89. The maximum atomic E-state index is 13.2. The molecule has 0 aliphatic carbocycles. The summed E-state index contributed by atoms with van der Waals surface area (Å²) in [5.74, 6) is 0.882. The number of carbonyl (C=O) groups excluding carboxylic acids is 1. The van der Waals surface area contributed by atoms with Crippen LogP contribution in [0.4, 0.5) is 30.4 Å². The van der Waals surface area contributed by atoms with E-state index in [1.165, 1.54) is 19.1 Å². The zero-order valence-electron chi connectivity index (χ0n) is 19.7. The number of benzene rings is 3. The van der Waals surface area contributed by atoms with Crippen molar-refractivity contribution in [3.8, 4) is 16.9 Å². The number of alkyl halides is 3. The van der Waals surface area contributed by atoms with Crippen molar-refractivity contribution in [2.45, 2.75) is 19.6 Å². The van der Waals surface area contributed by atoms with Crippen LogP contribution in [0.3, 0.4) is 0 Å². The lowest BCUT2D eigenvalue weighted by molar-refractivity contribution is -0.137. The molecule has 8 heteroatoms. The number of para-hydroxylation sites is 1. The van der Waals surface area contributed by atoms with E-state index in [9.17, 15) is 18.0 Å². The second-order valence-corrected chi connectivity index (χ2v) is 8.11. The fourth-order valence-electron chi connectivity index (χ4n) is 3.86. The summed E-state index contributed by atoms with van der Waals surface area (Å²) >= 11 is 0. The molecule has 0 saturated carbocycles. The molecule has 0 aliphatic heterocycles. The Morgan fingerprint density at radius 2 is 1.67 bits per heavy atom. The monoisotopic (exact) mass is 491 g/mol. The number of anilines is 3. The van der Waals surface area contributed by atoms with Crippen LogP contribution in [-0.2, 0) is 17.5 Å². The van der Waals surface area contributed by atoms with E-state index in [2.05, 4.69) is 10.3 Å². The smallest absolute Gasteiger partial charge is 0.416 e. The van der Waals surface area contributed by atoms with Crippen LogP contribution in [0.25, 0.3) is 11.1 Å². The molecule has 1 amide bonds. The van der Waals surface area contributed by atoms with Gasteiger partial charge in [0.15, 0.2) is 0 Å². The summed E-state index contributed by atoms with van der Waals surface area (Å²) in [7, 11) is 1.59. The zero-order chi connectivity index (χ0) is 25.7. The van der Waals surface area contributed by atoms with E-state index in [4.69, 9.17) is 4.74 Å². The number of nitrogens with zero attached hydrogens (tertiary/aromatic N) is 2. The average Bonchev–Trinajstić information content (AvgIpc) is 2.87. The van der Waals surface area contributed by atoms with Crippen LogP contribution < -0.4 is 15.0 Å². The number of carbonyl (C=O) groups is 1. The molecule has 0 spiro atoms. The Morgan fingerprint density at radius 1 is 0.972 bits per heavy atom. The molecule has 1 N–H and O–H groups in total. The van der Waals surface area contributed by atoms with Crippen molar-refractivity contribution in [1.82, 2.24) is 4.98 Å². The molecule has 0 unspecified atom stereocenters. The first-order chi connectivity index (χ1) is 17.2. The van der Waals surface area contributed by atoms with E-state index in [1.807, 2.05) is 59.5 Å². The van der Waals surface area contributed by atoms with E-state index in [-0.39, 0.29) is 5.91 Å². The number of hydrogen-bond acceptors (Lipinski definition) is 4. The number of ether oxygens (including phenoxy) is 1. The summed E-state index contributed by atoms with van der Waals surface area (Å²) in [6.07, 6.45) is -2.82. The van der Waals surface area contributed by atoms with Crippen molar-refractivity contribution >= 4 is 23.1 Å². The highest BCUT2D eigenvalue weighted by Gasteiger charge is 2.30. The van der Waals surface area contributed by atoms with Crippen molar-refractivity contribution in [1.29, 1.82) is 0 Å². The molecular weight excluding hydrogens is 467 g/mol. The van der Waals surface area contributed by atoms with E-state index in [1.54, 1.807) is 19.4 Å². The van der Waals surface area contributed by atoms with Crippen LogP contribution in [0.5, 0.6) is 5.75 Å². The van der Waals surface area contributed by atoms with Gasteiger partial charge in [-0.1, -0.05) is 30.3 Å². The van der Waals surface area contributed by atoms with Crippen LogP contribution in [0.2, 0.25) is 0 Å². The number of pyridine rings is 1. The SMILES string of the molecule is COc1ccc(CN(c2ccc(C(F)(F)F)cc2)c2ccccc2-c2ccnc(NC(C)=O)c2)cc1. The minimum atomic E-state index is -4.42. The largest absolute Gasteiger partial charge is 0.497 e. The molecule has 184 valence electrons. The Labute approximate surface area is 207 Å². The molecule has 5 nitrogen and oxygen atoms in total. The zero-order valence-corrected chi connectivity index (χ0v) is 19.7. The van der Waals surface area contributed by atoms with Crippen molar-refractivity contribution < 1.29 is 22.7 Å². The summed E-state index contributed by atoms with van der Waals surface area (Å²) in [6, 6.07) is 23.8. The number of nitrogens with one attached hydrogen (secondary N) is 1. The Morgan fingerprint density at radius 3 is 2.31 bits per heavy atom. The first kappa shape index (κ1) is 24.8. The number of amides is 1. The molecular formula is C28H24F3N3O2. The number of halogens is 3. The Bertz CT molecular complexity index is 1340. The van der Waals surface area contributed by atoms with Gasteiger partial charge in [0.25, 0.3) is 0 Å². The molecule has 4 aromatic rings. The van der Waals surface area contributed by atoms with E-state index in [0.717, 1.165) is 34.5 Å². The lowest BCUT2D eigenvalue weighted by Crippen LogP contribution is -2.18. The third-order valence-corrected chi connectivity index (χ3v) is 5.58. The Balaban J connectivity index is 1.80. The van der Waals surface area contributed by atoms with Crippen LogP contribution >= 0.6 is 0 Å². The van der Waals surface area contributed by atoms with Crippen LogP contribution in [-0.4, -0.2) is 18.0 Å². The maximum absolute atomic E-state index is 13.2. The van der Waals surface area contributed by atoms with Crippen molar-refractivity contribution in [2.24, 2.45) is 0 Å². The van der Waals surface area contributed by atoms with Gasteiger partial charge in [0.05, 0.1) is 12.7 Å². The minimum Gasteiger partial charge on any atom is -0.497 e. The number of rotatable bonds is 7. The van der Waals surface area contributed by atoms with E-state index < -0.39 is 11.7 Å². The predicted molar refractivity (Wildman–Crippen MR) is 134 cm³/mol. The molecule has 4 rings (SSSR count). The minimum absolute atomic E-state index is 0.237. The molecule has 0 aliphatic rings. The summed E-state index contributed by atoms with van der Waals surface area (Å²) < 4.78 is 44.9. The highest BCUT2D eigenvalue weighted by atomic mass is 19.4. The van der Waals surface area contributed by atoms with Gasteiger partial charge in [-0.25, -0.2) is 4.98 Å².